The molecule has 0 fully saturated rings. The van der Waals surface area contributed by atoms with E-state index in [-0.39, 0.29) is 17.0 Å². The van der Waals surface area contributed by atoms with Crippen LogP contribution in [0.15, 0.2) is 24.6 Å². The Morgan fingerprint density at radius 2 is 1.93 bits per heavy atom. The van der Waals surface area contributed by atoms with Crippen LogP contribution in [0.4, 0.5) is 10.2 Å². The number of fused-ring (bicyclic) bond motifs is 1. The highest BCUT2D eigenvalue weighted by Gasteiger charge is 2.33. The largest absolute Gasteiger partial charge is 0.777 e. The molecule has 0 saturated carbocycles. The number of halogens is 1. The molecule has 0 amide bonds. The van der Waals surface area contributed by atoms with Crippen LogP contribution in [0.1, 0.15) is 6.23 Å². The van der Waals surface area contributed by atoms with Gasteiger partial charge in [-0.3, -0.25) is 18.0 Å². The highest BCUT2D eigenvalue weighted by Crippen LogP contribution is 2.61. The number of nitrogens with two attached hydrogens (primary N) is 1. The smallest absolute Gasteiger partial charge is 0.279 e. The van der Waals surface area contributed by atoms with Gasteiger partial charge in [0.25, 0.3) is 15.6 Å². The summed E-state index contributed by atoms with van der Waals surface area (Å²) < 4.78 is 65.1. The molecule has 2 aromatic heterocycles. The van der Waals surface area contributed by atoms with Gasteiger partial charge in [0, 0.05) is 6.08 Å². The summed E-state index contributed by atoms with van der Waals surface area (Å²) in [5, 5.41) is 0. The van der Waals surface area contributed by atoms with Gasteiger partial charge < -0.3 is 39.3 Å². The fraction of sp³-hybridized carbons (Fsp3) is 0.300. The third-order valence-corrected chi connectivity index (χ3v) is 7.14. The molecule has 0 aliphatic carbocycles. The van der Waals surface area contributed by atoms with Crippen molar-refractivity contribution in [2.24, 2.45) is 0 Å². The van der Waals surface area contributed by atoms with Crippen LogP contribution in [0.25, 0.3) is 11.2 Å². The fourth-order valence-corrected chi connectivity index (χ4v) is 5.39. The van der Waals surface area contributed by atoms with E-state index in [9.17, 15) is 32.8 Å². The van der Waals surface area contributed by atoms with Crippen molar-refractivity contribution in [2.75, 3.05) is 12.1 Å². The van der Waals surface area contributed by atoms with Crippen molar-refractivity contribution in [3.8, 4) is 0 Å². The average Bonchev–Trinajstić information content (AvgIpc) is 3.13. The first kappa shape index (κ1) is 23.1. The molecule has 3 heterocycles. The third-order valence-electron chi connectivity index (χ3n) is 3.26. The summed E-state index contributed by atoms with van der Waals surface area (Å²) in [6, 6.07) is 0. The maximum Gasteiger partial charge on any atom is 0.279 e. The Balaban J connectivity index is 1.65. The second-order valence-corrected chi connectivity index (χ2v) is 10.1. The predicted molar refractivity (Wildman–Crippen MR) is 86.0 cm³/mol. The number of phosphoric acid groups is 2. The van der Waals surface area contributed by atoms with Crippen molar-refractivity contribution in [3.63, 3.8) is 0 Å². The molecule has 1 aliphatic heterocycles. The molecular formula is C10H10FN5O11P3-3. The molecular weight excluding hydrogens is 478 g/mol. The molecule has 0 radical (unpaired) electrons. The molecule has 0 saturated heterocycles. The molecule has 0 aromatic carbocycles. The minimum Gasteiger partial charge on any atom is -0.777 e. The van der Waals surface area contributed by atoms with Gasteiger partial charge in [-0.15, -0.1) is 0 Å². The number of anilines is 1. The maximum atomic E-state index is 14.3. The zero-order valence-electron chi connectivity index (χ0n) is 14.2. The molecule has 2 aromatic rings. The van der Waals surface area contributed by atoms with Crippen LogP contribution in [-0.4, -0.2) is 37.1 Å². The van der Waals surface area contributed by atoms with E-state index in [0.717, 1.165) is 23.3 Å². The molecule has 0 spiro atoms. The molecule has 3 unspecified atom stereocenters. The van der Waals surface area contributed by atoms with E-state index in [2.05, 4.69) is 23.6 Å². The van der Waals surface area contributed by atoms with Gasteiger partial charge in [-0.25, -0.2) is 23.7 Å². The number of hydrogen-bond acceptors (Lipinski definition) is 14. The van der Waals surface area contributed by atoms with Gasteiger partial charge in [0.1, 0.15) is 18.2 Å². The van der Waals surface area contributed by atoms with Crippen molar-refractivity contribution >= 4 is 40.2 Å². The molecule has 16 nitrogen and oxygen atoms in total. The number of ether oxygens (including phenoxy) is 2. The maximum absolute atomic E-state index is 14.3. The molecule has 5 atom stereocenters. The van der Waals surface area contributed by atoms with Gasteiger partial charge in [-0.2, -0.15) is 0 Å². The zero-order valence-corrected chi connectivity index (χ0v) is 16.9. The number of nitrogen functional groups attached to an aromatic ring is 1. The van der Waals surface area contributed by atoms with E-state index in [1.165, 1.54) is 0 Å². The average molecular weight is 488 g/mol. The first-order chi connectivity index (χ1) is 13.8. The van der Waals surface area contributed by atoms with Crippen molar-refractivity contribution in [2.45, 2.75) is 12.5 Å². The van der Waals surface area contributed by atoms with Gasteiger partial charge in [0.05, 0.1) is 6.33 Å². The lowest BCUT2D eigenvalue weighted by Crippen LogP contribution is -2.20. The van der Waals surface area contributed by atoms with E-state index in [1.807, 2.05) is 0 Å². The molecule has 20 heteroatoms. The Kier molecular flexibility index (Phi) is 6.26. The van der Waals surface area contributed by atoms with E-state index < -0.39 is 47.9 Å². The van der Waals surface area contributed by atoms with Gasteiger partial charge >= 0.3 is 0 Å². The minimum absolute atomic E-state index is 0.0214. The van der Waals surface area contributed by atoms with Gasteiger partial charge in [-0.1, -0.05) is 0 Å². The molecule has 1 aliphatic rings. The Bertz CT molecular complexity index is 1130. The second kappa shape index (κ2) is 8.15. The number of aromatic nitrogens is 4. The van der Waals surface area contributed by atoms with Crippen LogP contribution >= 0.6 is 23.2 Å². The standard InChI is InChI=1S/C10H13FN5O11P3/c11-5-1-6(24-4-28(17,18)26-30(22,23)27-29(19,20)21)25-10(5)16-3-15-7-8(12)13-2-14-9(7)16/h1-3,6,10H,4H2,(H,17,18)(H,22,23)(H2,12,13,14)(H2,19,20,21)/p-3/t6-,10+/m0/s1. The topological polar surface area (TPSA) is 247 Å². The Morgan fingerprint density at radius 3 is 2.60 bits per heavy atom. The third kappa shape index (κ3) is 5.55. The second-order valence-electron chi connectivity index (χ2n) is 5.48. The molecule has 30 heavy (non-hydrogen) atoms. The van der Waals surface area contributed by atoms with Crippen LogP contribution < -0.4 is 20.4 Å². The number of hydrogen-bond donors (Lipinski definition) is 2. The molecule has 3 rings (SSSR count). The Hall–Kier alpha value is -1.61. The highest BCUT2D eigenvalue weighted by molar-refractivity contribution is 7.66. The summed E-state index contributed by atoms with van der Waals surface area (Å²) in [4.78, 5) is 53.0. The van der Waals surface area contributed by atoms with Crippen LogP contribution in [0.3, 0.4) is 0 Å². The van der Waals surface area contributed by atoms with Gasteiger partial charge in [-0.05, 0) is 0 Å². The highest BCUT2D eigenvalue weighted by atomic mass is 31.3. The lowest BCUT2D eigenvalue weighted by molar-refractivity contribution is -0.244. The van der Waals surface area contributed by atoms with Gasteiger partial charge in [0.2, 0.25) is 0 Å². The molecule has 3 N–H and O–H groups in total. The summed E-state index contributed by atoms with van der Waals surface area (Å²) in [6.07, 6.45) is -1.60. The quantitative estimate of drug-likeness (QED) is 0.406. The first-order valence-electron chi connectivity index (χ1n) is 7.41. The summed E-state index contributed by atoms with van der Waals surface area (Å²) >= 11 is 0. The van der Waals surface area contributed by atoms with Crippen molar-refractivity contribution in [1.82, 2.24) is 19.5 Å². The summed E-state index contributed by atoms with van der Waals surface area (Å²) in [7, 11) is -17.3. The van der Waals surface area contributed by atoms with E-state index in [0.29, 0.717) is 0 Å². The summed E-state index contributed by atoms with van der Waals surface area (Å²) in [5.41, 5.74) is 5.88. The predicted octanol–water partition coefficient (Wildman–Crippen LogP) is -1.39. The van der Waals surface area contributed by atoms with Crippen LogP contribution in [0.2, 0.25) is 0 Å². The minimum atomic E-state index is -5.99. The lowest BCUT2D eigenvalue weighted by Gasteiger charge is -2.33. The number of nitrogens with zero attached hydrogens (tertiary/aromatic N) is 4. The van der Waals surface area contributed by atoms with Crippen molar-refractivity contribution in [1.29, 1.82) is 0 Å². The Labute approximate surface area is 165 Å². The summed E-state index contributed by atoms with van der Waals surface area (Å²) in [6.45, 7) is 0. The van der Waals surface area contributed by atoms with Crippen LogP contribution in [0.5, 0.6) is 0 Å². The first-order valence-corrected chi connectivity index (χ1v) is 12.1. The van der Waals surface area contributed by atoms with Crippen molar-refractivity contribution in [3.05, 3.63) is 24.6 Å². The van der Waals surface area contributed by atoms with E-state index in [4.69, 9.17) is 20.1 Å². The fourth-order valence-electron chi connectivity index (χ4n) is 2.25. The molecule has 0 bridgehead atoms. The van der Waals surface area contributed by atoms with Gasteiger partial charge in [0.15, 0.2) is 37.4 Å². The van der Waals surface area contributed by atoms with Crippen molar-refractivity contribution < 1.29 is 55.8 Å². The number of imidazole rings is 1. The van der Waals surface area contributed by atoms with E-state index in [1.54, 1.807) is 0 Å². The van der Waals surface area contributed by atoms with Crippen LogP contribution in [0, 0.1) is 0 Å². The Morgan fingerprint density at radius 1 is 1.23 bits per heavy atom. The number of rotatable bonds is 8. The van der Waals surface area contributed by atoms with E-state index >= 15 is 0 Å². The summed E-state index contributed by atoms with van der Waals surface area (Å²) in [5.74, 6) is -0.906. The monoisotopic (exact) mass is 488 g/mol. The lowest BCUT2D eigenvalue weighted by atomic mass is 10.4. The normalized spacial score (nSPS) is 25.4. The SMILES string of the molecule is Nc1ncnc2c1ncn2[C@@H]1O[C@H](OCP(=O)([O-])OP(=O)([O-])OP(=O)([O-])O)C=C1F. The molecule has 166 valence electrons. The van der Waals surface area contributed by atoms with Crippen LogP contribution in [-0.2, 0) is 31.8 Å². The zero-order chi connectivity index (χ0) is 22.3.